The van der Waals surface area contributed by atoms with Crippen LogP contribution >= 0.6 is 11.3 Å². The highest BCUT2D eigenvalue weighted by Crippen LogP contribution is 2.31. The van der Waals surface area contributed by atoms with Crippen molar-refractivity contribution in [3.05, 3.63) is 47.2 Å². The Balaban J connectivity index is 1.49. The number of amides is 1. The van der Waals surface area contributed by atoms with Gasteiger partial charge in [-0.3, -0.25) is 4.79 Å². The van der Waals surface area contributed by atoms with Crippen LogP contribution in [0.4, 0.5) is 5.69 Å². The number of sulfonamides is 1. The maximum absolute atomic E-state index is 13.2. The van der Waals surface area contributed by atoms with Crippen LogP contribution in [0.5, 0.6) is 0 Å². The van der Waals surface area contributed by atoms with Crippen LogP contribution in [0.3, 0.4) is 0 Å². The number of para-hydroxylation sites is 1. The molecule has 1 amide bonds. The van der Waals surface area contributed by atoms with Gasteiger partial charge in [0.1, 0.15) is 4.21 Å². The van der Waals surface area contributed by atoms with Gasteiger partial charge in [-0.2, -0.15) is 9.29 Å². The Bertz CT molecular complexity index is 1170. The lowest BCUT2D eigenvalue weighted by Crippen LogP contribution is -2.43. The molecule has 30 heavy (non-hydrogen) atoms. The Kier molecular flexibility index (Phi) is 5.72. The Morgan fingerprint density at radius 2 is 2.10 bits per heavy atom. The lowest BCUT2D eigenvalue weighted by molar-refractivity contribution is -0.120. The molecule has 0 spiro atoms. The van der Waals surface area contributed by atoms with Gasteiger partial charge < -0.3 is 9.84 Å². The summed E-state index contributed by atoms with van der Waals surface area (Å²) < 4.78 is 32.9. The third-order valence-electron chi connectivity index (χ3n) is 5.11. The summed E-state index contributed by atoms with van der Waals surface area (Å²) in [5.41, 5.74) is 2.32. The van der Waals surface area contributed by atoms with Crippen LogP contribution in [0.25, 0.3) is 11.4 Å². The molecule has 3 heterocycles. The number of anilines is 1. The minimum atomic E-state index is -3.70. The Morgan fingerprint density at radius 1 is 1.30 bits per heavy atom. The van der Waals surface area contributed by atoms with E-state index in [0.29, 0.717) is 36.7 Å². The summed E-state index contributed by atoms with van der Waals surface area (Å²) in [4.78, 5) is 16.9. The average molecular weight is 447 g/mol. The Hall–Kier alpha value is -2.56. The molecule has 0 radical (unpaired) electrons. The predicted octanol–water partition coefficient (Wildman–Crippen LogP) is 3.45. The second-order valence-corrected chi connectivity index (χ2v) is 10.4. The molecule has 1 aliphatic rings. The smallest absolute Gasteiger partial charge is 0.252 e. The van der Waals surface area contributed by atoms with E-state index in [0.717, 1.165) is 22.6 Å². The molecule has 1 aliphatic heterocycles. The van der Waals surface area contributed by atoms with Crippen LogP contribution < -0.4 is 5.32 Å². The van der Waals surface area contributed by atoms with Crippen LogP contribution in [0, 0.1) is 19.8 Å². The highest BCUT2D eigenvalue weighted by atomic mass is 32.2. The highest BCUT2D eigenvalue weighted by molar-refractivity contribution is 7.91. The van der Waals surface area contributed by atoms with Crippen molar-refractivity contribution in [2.75, 3.05) is 18.4 Å². The summed E-state index contributed by atoms with van der Waals surface area (Å²) in [5.74, 6) is 0.226. The molecular formula is C20H22N4O4S2. The normalized spacial score (nSPS) is 17.7. The molecule has 4 rings (SSSR count). The first-order chi connectivity index (χ1) is 14.3. The summed E-state index contributed by atoms with van der Waals surface area (Å²) in [5, 5.41) is 8.47. The molecule has 1 atom stereocenters. The molecule has 0 aliphatic carbocycles. The van der Waals surface area contributed by atoms with Crippen molar-refractivity contribution in [3.8, 4) is 11.4 Å². The SMILES string of the molecule is Cc1nc(-c2csc(S(=O)(=O)N3CCC[C@@H](C(=O)Nc4ccccc4C)C3)c2)no1. The maximum Gasteiger partial charge on any atom is 0.252 e. The van der Waals surface area contributed by atoms with Crippen LogP contribution in [-0.4, -0.2) is 41.9 Å². The summed E-state index contributed by atoms with van der Waals surface area (Å²) >= 11 is 1.12. The van der Waals surface area contributed by atoms with Gasteiger partial charge in [-0.05, 0) is 37.5 Å². The van der Waals surface area contributed by atoms with Gasteiger partial charge in [-0.25, -0.2) is 8.42 Å². The first-order valence-electron chi connectivity index (χ1n) is 9.60. The number of hydrogen-bond donors (Lipinski definition) is 1. The van der Waals surface area contributed by atoms with Crippen LogP contribution in [0.1, 0.15) is 24.3 Å². The fourth-order valence-electron chi connectivity index (χ4n) is 3.44. The monoisotopic (exact) mass is 446 g/mol. The van der Waals surface area contributed by atoms with E-state index < -0.39 is 15.9 Å². The number of nitrogens with one attached hydrogen (secondary N) is 1. The summed E-state index contributed by atoms with van der Waals surface area (Å²) in [6, 6.07) is 9.09. The number of aryl methyl sites for hydroxylation is 2. The molecule has 1 N–H and O–H groups in total. The quantitative estimate of drug-likeness (QED) is 0.643. The van der Waals surface area contributed by atoms with Crippen LogP contribution in [0.2, 0.25) is 0 Å². The number of carbonyl (C=O) groups excluding carboxylic acids is 1. The van der Waals surface area contributed by atoms with Crippen molar-refractivity contribution < 1.29 is 17.7 Å². The van der Waals surface area contributed by atoms with Gasteiger partial charge in [0.25, 0.3) is 10.0 Å². The standard InChI is InChI=1S/C20H22N4O4S2/c1-13-6-3-4-8-17(13)22-20(25)15-7-5-9-24(11-15)30(26,27)18-10-16(12-29-18)19-21-14(2)28-23-19/h3-4,6,8,10,12,15H,5,7,9,11H2,1-2H3,(H,22,25)/t15-/m1/s1. The van der Waals surface area contributed by atoms with Gasteiger partial charge in [-0.1, -0.05) is 23.4 Å². The second kappa shape index (κ2) is 8.29. The molecule has 2 aromatic heterocycles. The molecule has 8 nitrogen and oxygen atoms in total. The first-order valence-corrected chi connectivity index (χ1v) is 11.9. The van der Waals surface area contributed by atoms with Crippen LogP contribution in [0.15, 0.2) is 44.4 Å². The van der Waals surface area contributed by atoms with E-state index in [1.807, 2.05) is 31.2 Å². The highest BCUT2D eigenvalue weighted by Gasteiger charge is 2.34. The van der Waals surface area contributed by atoms with Gasteiger partial charge in [0.15, 0.2) is 0 Å². The number of aromatic nitrogens is 2. The van der Waals surface area contributed by atoms with E-state index in [-0.39, 0.29) is 16.7 Å². The molecule has 0 unspecified atom stereocenters. The Morgan fingerprint density at radius 3 is 2.83 bits per heavy atom. The van der Waals surface area contributed by atoms with Crippen molar-refractivity contribution in [3.63, 3.8) is 0 Å². The average Bonchev–Trinajstić information content (AvgIpc) is 3.39. The van der Waals surface area contributed by atoms with Crippen molar-refractivity contribution >= 4 is 33.0 Å². The number of piperidine rings is 1. The number of carbonyl (C=O) groups is 1. The largest absolute Gasteiger partial charge is 0.339 e. The zero-order valence-electron chi connectivity index (χ0n) is 16.7. The van der Waals surface area contributed by atoms with Gasteiger partial charge in [-0.15, -0.1) is 11.3 Å². The predicted molar refractivity (Wildman–Crippen MR) is 114 cm³/mol. The molecule has 158 valence electrons. The van der Waals surface area contributed by atoms with Crippen molar-refractivity contribution in [2.45, 2.75) is 30.9 Å². The summed E-state index contributed by atoms with van der Waals surface area (Å²) in [6.07, 6.45) is 1.29. The molecule has 1 aromatic carbocycles. The van der Waals surface area contributed by atoms with Gasteiger partial charge in [0.05, 0.1) is 5.92 Å². The van der Waals surface area contributed by atoms with Gasteiger partial charge in [0.2, 0.25) is 17.6 Å². The second-order valence-electron chi connectivity index (χ2n) is 7.30. The van der Waals surface area contributed by atoms with Crippen molar-refractivity contribution in [1.29, 1.82) is 0 Å². The lowest BCUT2D eigenvalue weighted by atomic mass is 9.98. The zero-order valence-corrected chi connectivity index (χ0v) is 18.3. The van der Waals surface area contributed by atoms with Crippen molar-refractivity contribution in [1.82, 2.24) is 14.4 Å². The number of rotatable bonds is 5. The minimum Gasteiger partial charge on any atom is -0.339 e. The van der Waals surface area contributed by atoms with E-state index in [4.69, 9.17) is 4.52 Å². The fraction of sp³-hybridized carbons (Fsp3) is 0.350. The number of hydrogen-bond acceptors (Lipinski definition) is 7. The number of nitrogens with zero attached hydrogens (tertiary/aromatic N) is 3. The topological polar surface area (TPSA) is 105 Å². The van der Waals surface area contributed by atoms with Crippen LogP contribution in [-0.2, 0) is 14.8 Å². The van der Waals surface area contributed by atoms with Gasteiger partial charge in [0, 0.05) is 36.6 Å². The molecule has 1 fully saturated rings. The third kappa shape index (κ3) is 4.16. The minimum absolute atomic E-state index is 0.154. The maximum atomic E-state index is 13.2. The first kappa shape index (κ1) is 20.7. The van der Waals surface area contributed by atoms with E-state index >= 15 is 0 Å². The molecular weight excluding hydrogens is 424 g/mol. The summed E-state index contributed by atoms with van der Waals surface area (Å²) in [6.45, 7) is 4.16. The summed E-state index contributed by atoms with van der Waals surface area (Å²) in [7, 11) is -3.70. The van der Waals surface area contributed by atoms with Gasteiger partial charge >= 0.3 is 0 Å². The lowest BCUT2D eigenvalue weighted by Gasteiger charge is -2.30. The van der Waals surface area contributed by atoms with E-state index in [9.17, 15) is 13.2 Å². The molecule has 3 aromatic rings. The molecule has 0 saturated carbocycles. The fourth-order valence-corrected chi connectivity index (χ4v) is 6.27. The van der Waals surface area contributed by atoms with E-state index in [2.05, 4.69) is 15.5 Å². The van der Waals surface area contributed by atoms with E-state index in [1.165, 1.54) is 4.31 Å². The molecule has 10 heteroatoms. The third-order valence-corrected chi connectivity index (χ3v) is 8.39. The molecule has 1 saturated heterocycles. The van der Waals surface area contributed by atoms with E-state index in [1.54, 1.807) is 18.4 Å². The Labute approximate surface area is 179 Å². The number of benzene rings is 1. The van der Waals surface area contributed by atoms with Crippen molar-refractivity contribution in [2.24, 2.45) is 5.92 Å². The molecule has 0 bridgehead atoms. The zero-order chi connectivity index (χ0) is 21.3. The number of thiophene rings is 1.